The SMILES string of the molecule is CC(O)CCN(C)c1ccc2c(C(=O)O)cccc2n1. The van der Waals surface area contributed by atoms with Crippen molar-refractivity contribution in [1.82, 2.24) is 4.98 Å². The lowest BCUT2D eigenvalue weighted by atomic mass is 10.1. The highest BCUT2D eigenvalue weighted by molar-refractivity contribution is 6.02. The highest BCUT2D eigenvalue weighted by Crippen LogP contribution is 2.21. The molecule has 0 radical (unpaired) electrons. The van der Waals surface area contributed by atoms with Crippen LogP contribution in [0.2, 0.25) is 0 Å². The van der Waals surface area contributed by atoms with Gasteiger partial charge in [-0.2, -0.15) is 0 Å². The summed E-state index contributed by atoms with van der Waals surface area (Å²) in [5.74, 6) is -0.187. The molecule has 2 N–H and O–H groups in total. The summed E-state index contributed by atoms with van der Waals surface area (Å²) in [7, 11) is 1.90. The van der Waals surface area contributed by atoms with Crippen LogP contribution in [-0.4, -0.2) is 40.9 Å². The van der Waals surface area contributed by atoms with Crippen molar-refractivity contribution in [3.8, 4) is 0 Å². The minimum atomic E-state index is -0.951. The molecule has 0 fully saturated rings. The number of aliphatic hydroxyl groups is 1. The van der Waals surface area contributed by atoms with Crippen LogP contribution in [-0.2, 0) is 0 Å². The van der Waals surface area contributed by atoms with Gasteiger partial charge in [-0.15, -0.1) is 0 Å². The van der Waals surface area contributed by atoms with Crippen LogP contribution < -0.4 is 4.90 Å². The van der Waals surface area contributed by atoms with Crippen molar-refractivity contribution < 1.29 is 15.0 Å². The van der Waals surface area contributed by atoms with E-state index >= 15 is 0 Å². The number of carboxylic acids is 1. The van der Waals surface area contributed by atoms with Gasteiger partial charge in [-0.3, -0.25) is 0 Å². The summed E-state index contributed by atoms with van der Waals surface area (Å²) >= 11 is 0. The van der Waals surface area contributed by atoms with Gasteiger partial charge in [0.2, 0.25) is 0 Å². The number of aromatic nitrogens is 1. The molecule has 1 unspecified atom stereocenters. The Kier molecular flexibility index (Phi) is 4.20. The maximum atomic E-state index is 11.1. The van der Waals surface area contributed by atoms with Gasteiger partial charge >= 0.3 is 5.97 Å². The van der Waals surface area contributed by atoms with Crippen molar-refractivity contribution >= 4 is 22.7 Å². The molecule has 0 aliphatic rings. The van der Waals surface area contributed by atoms with E-state index in [4.69, 9.17) is 5.11 Å². The molecule has 0 aliphatic carbocycles. The van der Waals surface area contributed by atoms with Crippen LogP contribution in [0.4, 0.5) is 5.82 Å². The molecule has 0 saturated carbocycles. The predicted octanol–water partition coefficient (Wildman–Crippen LogP) is 2.14. The average Bonchev–Trinajstić information content (AvgIpc) is 2.43. The monoisotopic (exact) mass is 274 g/mol. The number of carbonyl (C=O) groups is 1. The lowest BCUT2D eigenvalue weighted by Crippen LogP contribution is -2.22. The van der Waals surface area contributed by atoms with E-state index in [1.54, 1.807) is 37.3 Å². The standard InChI is InChI=1S/C15H18N2O3/c1-10(18)8-9-17(2)14-7-6-11-12(15(19)20)4-3-5-13(11)16-14/h3-7,10,18H,8-9H2,1-2H3,(H,19,20). The second kappa shape index (κ2) is 5.88. The van der Waals surface area contributed by atoms with Crippen LogP contribution >= 0.6 is 0 Å². The molecule has 1 aromatic carbocycles. The lowest BCUT2D eigenvalue weighted by Gasteiger charge is -2.19. The Morgan fingerprint density at radius 2 is 2.10 bits per heavy atom. The largest absolute Gasteiger partial charge is 0.478 e. The minimum absolute atomic E-state index is 0.258. The summed E-state index contributed by atoms with van der Waals surface area (Å²) in [5.41, 5.74) is 0.916. The van der Waals surface area contributed by atoms with Crippen LogP contribution in [0.3, 0.4) is 0 Å². The number of benzene rings is 1. The summed E-state index contributed by atoms with van der Waals surface area (Å²) in [4.78, 5) is 17.6. The Labute approximate surface area is 117 Å². The van der Waals surface area contributed by atoms with Crippen molar-refractivity contribution in [2.24, 2.45) is 0 Å². The van der Waals surface area contributed by atoms with E-state index in [1.165, 1.54) is 0 Å². The van der Waals surface area contributed by atoms with E-state index in [0.29, 0.717) is 23.9 Å². The molecule has 1 heterocycles. The lowest BCUT2D eigenvalue weighted by molar-refractivity contribution is 0.0699. The van der Waals surface area contributed by atoms with Gasteiger partial charge in [0.25, 0.3) is 0 Å². The van der Waals surface area contributed by atoms with Crippen molar-refractivity contribution in [3.63, 3.8) is 0 Å². The molecule has 0 spiro atoms. The molecule has 0 saturated heterocycles. The fourth-order valence-corrected chi connectivity index (χ4v) is 2.04. The first-order valence-electron chi connectivity index (χ1n) is 6.51. The summed E-state index contributed by atoms with van der Waals surface area (Å²) in [5, 5.41) is 19.1. The molecule has 1 atom stereocenters. The number of rotatable bonds is 5. The Balaban J connectivity index is 2.32. The second-order valence-electron chi connectivity index (χ2n) is 4.91. The second-order valence-corrected chi connectivity index (χ2v) is 4.91. The molecule has 0 amide bonds. The number of aliphatic hydroxyl groups excluding tert-OH is 1. The fraction of sp³-hybridized carbons (Fsp3) is 0.333. The molecular formula is C15H18N2O3. The van der Waals surface area contributed by atoms with Crippen LogP contribution in [0.5, 0.6) is 0 Å². The van der Waals surface area contributed by atoms with Gasteiger partial charge in [0.15, 0.2) is 0 Å². The van der Waals surface area contributed by atoms with Crippen molar-refractivity contribution in [3.05, 3.63) is 35.9 Å². The number of fused-ring (bicyclic) bond motifs is 1. The zero-order chi connectivity index (χ0) is 14.7. The van der Waals surface area contributed by atoms with Gasteiger partial charge in [0.1, 0.15) is 5.82 Å². The topological polar surface area (TPSA) is 73.7 Å². The Hall–Kier alpha value is -2.14. The molecule has 5 nitrogen and oxygen atoms in total. The highest BCUT2D eigenvalue weighted by atomic mass is 16.4. The minimum Gasteiger partial charge on any atom is -0.478 e. The third kappa shape index (κ3) is 3.05. The summed E-state index contributed by atoms with van der Waals surface area (Å²) in [6.45, 7) is 2.44. The Morgan fingerprint density at radius 3 is 2.75 bits per heavy atom. The first-order valence-corrected chi connectivity index (χ1v) is 6.51. The number of hydrogen-bond acceptors (Lipinski definition) is 4. The third-order valence-electron chi connectivity index (χ3n) is 3.22. The van der Waals surface area contributed by atoms with Crippen LogP contribution in [0.15, 0.2) is 30.3 Å². The Morgan fingerprint density at radius 1 is 1.35 bits per heavy atom. The highest BCUT2D eigenvalue weighted by Gasteiger charge is 2.10. The molecule has 2 rings (SSSR count). The van der Waals surface area contributed by atoms with Crippen molar-refractivity contribution in [2.45, 2.75) is 19.4 Å². The van der Waals surface area contributed by atoms with Crippen molar-refractivity contribution in [1.29, 1.82) is 0 Å². The molecule has 2 aromatic rings. The quantitative estimate of drug-likeness (QED) is 0.873. The fourth-order valence-electron chi connectivity index (χ4n) is 2.04. The van der Waals surface area contributed by atoms with Crippen LogP contribution in [0.25, 0.3) is 10.9 Å². The van der Waals surface area contributed by atoms with Crippen LogP contribution in [0, 0.1) is 0 Å². The molecular weight excluding hydrogens is 256 g/mol. The summed E-state index contributed by atoms with van der Waals surface area (Å²) in [6, 6.07) is 8.64. The average molecular weight is 274 g/mol. The number of carboxylic acid groups (broad SMARTS) is 1. The summed E-state index contributed by atoms with van der Waals surface area (Å²) in [6.07, 6.45) is 0.308. The van der Waals surface area contributed by atoms with E-state index in [0.717, 1.165) is 5.82 Å². The zero-order valence-corrected chi connectivity index (χ0v) is 11.6. The van der Waals surface area contributed by atoms with E-state index in [1.807, 2.05) is 11.9 Å². The summed E-state index contributed by atoms with van der Waals surface area (Å²) < 4.78 is 0. The van der Waals surface area contributed by atoms with E-state index in [-0.39, 0.29) is 11.7 Å². The predicted molar refractivity (Wildman–Crippen MR) is 78.3 cm³/mol. The van der Waals surface area contributed by atoms with Gasteiger partial charge in [-0.1, -0.05) is 6.07 Å². The first-order chi connectivity index (χ1) is 9.49. The maximum absolute atomic E-state index is 11.1. The van der Waals surface area contributed by atoms with Crippen molar-refractivity contribution in [2.75, 3.05) is 18.5 Å². The van der Waals surface area contributed by atoms with E-state index in [9.17, 15) is 9.90 Å². The molecule has 1 aromatic heterocycles. The number of pyridine rings is 1. The number of anilines is 1. The molecule has 0 bridgehead atoms. The Bertz CT molecular complexity index is 626. The van der Waals surface area contributed by atoms with Gasteiger partial charge in [-0.05, 0) is 37.6 Å². The molecule has 5 heteroatoms. The normalized spacial score (nSPS) is 12.3. The van der Waals surface area contributed by atoms with Crippen LogP contribution in [0.1, 0.15) is 23.7 Å². The van der Waals surface area contributed by atoms with Gasteiger partial charge in [0, 0.05) is 19.0 Å². The van der Waals surface area contributed by atoms with Gasteiger partial charge in [0.05, 0.1) is 17.2 Å². The van der Waals surface area contributed by atoms with E-state index < -0.39 is 5.97 Å². The molecule has 0 aliphatic heterocycles. The van der Waals surface area contributed by atoms with Gasteiger partial charge < -0.3 is 15.1 Å². The number of nitrogens with zero attached hydrogens (tertiary/aromatic N) is 2. The third-order valence-corrected chi connectivity index (χ3v) is 3.22. The van der Waals surface area contributed by atoms with E-state index in [2.05, 4.69) is 4.98 Å². The number of hydrogen-bond donors (Lipinski definition) is 2. The molecule has 20 heavy (non-hydrogen) atoms. The van der Waals surface area contributed by atoms with Gasteiger partial charge in [-0.25, -0.2) is 9.78 Å². The smallest absolute Gasteiger partial charge is 0.336 e. The zero-order valence-electron chi connectivity index (χ0n) is 11.6. The molecule has 106 valence electrons. The maximum Gasteiger partial charge on any atom is 0.336 e. The first kappa shape index (κ1) is 14.3. The number of aromatic carboxylic acids is 1.